The molecule has 0 amide bonds. The molecule has 0 fully saturated rings. The highest BCUT2D eigenvalue weighted by Gasteiger charge is 2.74. The summed E-state index contributed by atoms with van der Waals surface area (Å²) in [5.74, 6) is -1.08. The molecule has 0 saturated heterocycles. The molecule has 0 aliphatic rings. The third-order valence-electron chi connectivity index (χ3n) is 3.28. The highest BCUT2D eigenvalue weighted by Crippen LogP contribution is 2.56. The summed E-state index contributed by atoms with van der Waals surface area (Å²) in [6.45, 7) is 0. The van der Waals surface area contributed by atoms with E-state index in [0.717, 1.165) is 12.1 Å². The van der Waals surface area contributed by atoms with Crippen LogP contribution in [0.2, 0.25) is 0 Å². The zero-order chi connectivity index (χ0) is 19.2. The van der Waals surface area contributed by atoms with Crippen molar-refractivity contribution in [3.05, 3.63) is 54.9 Å². The van der Waals surface area contributed by atoms with Gasteiger partial charge in [-0.1, -0.05) is 18.2 Å². The highest BCUT2D eigenvalue weighted by atomic mass is 127. The van der Waals surface area contributed by atoms with Gasteiger partial charge < -0.3 is 0 Å². The molecule has 0 saturated carbocycles. The van der Waals surface area contributed by atoms with Crippen molar-refractivity contribution in [3.63, 3.8) is 0 Å². The third-order valence-corrected chi connectivity index (χ3v) is 4.67. The maximum Gasteiger partial charge on any atom is 0.435 e. The van der Waals surface area contributed by atoms with Gasteiger partial charge in [0.1, 0.15) is 5.82 Å². The van der Waals surface area contributed by atoms with Crippen LogP contribution in [0.15, 0.2) is 30.3 Å². The van der Waals surface area contributed by atoms with Crippen molar-refractivity contribution >= 4 is 45.2 Å². The van der Waals surface area contributed by atoms with Gasteiger partial charge in [0.15, 0.2) is 0 Å². The topological polar surface area (TPSA) is 0 Å². The van der Waals surface area contributed by atoms with E-state index >= 15 is 0 Å². The zero-order valence-corrected chi connectivity index (χ0v) is 16.0. The minimum atomic E-state index is -6.29. The largest absolute Gasteiger partial charge is 0.435 e. The van der Waals surface area contributed by atoms with E-state index in [0.29, 0.717) is 6.07 Å². The monoisotopic (exact) mass is 591 g/mol. The van der Waals surface area contributed by atoms with Crippen LogP contribution in [0.5, 0.6) is 0 Å². The summed E-state index contributed by atoms with van der Waals surface area (Å²) in [6, 6.07) is 7.12. The fourth-order valence-corrected chi connectivity index (χ4v) is 4.15. The fraction of sp³-hybridized carbons (Fsp3) is 0.200. The van der Waals surface area contributed by atoms with Crippen LogP contribution < -0.4 is 0 Å². The molecule has 2 aromatic rings. The Morgan fingerprint density at radius 3 is 1.84 bits per heavy atom. The second kappa shape index (κ2) is 6.82. The van der Waals surface area contributed by atoms with Gasteiger partial charge in [0.2, 0.25) is 0 Å². The minimum absolute atomic E-state index is 0.174. The van der Waals surface area contributed by atoms with Gasteiger partial charge in [-0.15, -0.1) is 0 Å². The maximum atomic E-state index is 14.6. The number of benzene rings is 2. The first-order valence-electron chi connectivity index (χ1n) is 6.29. The lowest BCUT2D eigenvalue weighted by atomic mass is 9.87. The van der Waals surface area contributed by atoms with Gasteiger partial charge in [0.25, 0.3) is 0 Å². The highest BCUT2D eigenvalue weighted by molar-refractivity contribution is 14.1. The molecule has 25 heavy (non-hydrogen) atoms. The fourth-order valence-electron chi connectivity index (χ4n) is 2.19. The molecular weight excluding hydrogens is 586 g/mol. The molecule has 0 N–H and O–H groups in total. The van der Waals surface area contributed by atoms with Crippen LogP contribution in [-0.2, 0) is 5.67 Å². The summed E-state index contributed by atoms with van der Waals surface area (Å²) < 4.78 is 107. The average molecular weight is 591 g/mol. The van der Waals surface area contributed by atoms with E-state index in [1.807, 2.05) is 0 Å². The third kappa shape index (κ3) is 3.60. The Morgan fingerprint density at radius 2 is 1.36 bits per heavy atom. The Balaban J connectivity index is 2.97. The van der Waals surface area contributed by atoms with E-state index < -0.39 is 40.5 Å². The summed E-state index contributed by atoms with van der Waals surface area (Å²) in [4.78, 5) is 0. The Hall–Kier alpha value is -0.660. The molecule has 0 nitrogen and oxygen atoms in total. The van der Waals surface area contributed by atoms with Gasteiger partial charge in [-0.05, 0) is 57.3 Å². The van der Waals surface area contributed by atoms with E-state index in [1.54, 1.807) is 0 Å². The summed E-state index contributed by atoms with van der Waals surface area (Å²) in [5, 5.41) is 0. The van der Waals surface area contributed by atoms with Gasteiger partial charge >= 0.3 is 18.0 Å². The summed E-state index contributed by atoms with van der Waals surface area (Å²) in [7, 11) is 0. The Kier molecular flexibility index (Phi) is 5.63. The van der Waals surface area contributed by atoms with Crippen molar-refractivity contribution < 1.29 is 35.1 Å². The van der Waals surface area contributed by atoms with Crippen molar-refractivity contribution in [2.24, 2.45) is 0 Å². The number of halogens is 10. The normalized spacial score (nSPS) is 13.2. The van der Waals surface area contributed by atoms with Crippen LogP contribution >= 0.6 is 45.2 Å². The second-order valence-corrected chi connectivity index (χ2v) is 7.09. The summed E-state index contributed by atoms with van der Waals surface area (Å²) in [5.41, 5.74) is -8.79. The molecule has 0 aliphatic heterocycles. The van der Waals surface area contributed by atoms with E-state index in [9.17, 15) is 35.1 Å². The second-order valence-electron chi connectivity index (χ2n) is 4.85. The smallest absolute Gasteiger partial charge is 0.218 e. The van der Waals surface area contributed by atoms with Crippen LogP contribution in [0.25, 0.3) is 11.1 Å². The van der Waals surface area contributed by atoms with E-state index in [1.165, 1.54) is 57.3 Å². The first-order chi connectivity index (χ1) is 11.3. The van der Waals surface area contributed by atoms with E-state index in [4.69, 9.17) is 0 Å². The van der Waals surface area contributed by atoms with Crippen LogP contribution in [-0.4, -0.2) is 12.4 Å². The summed E-state index contributed by atoms with van der Waals surface area (Å²) in [6.07, 6.45) is -12.6. The molecule has 0 spiro atoms. The molecule has 2 rings (SSSR count). The van der Waals surface area contributed by atoms with E-state index in [2.05, 4.69) is 6.07 Å². The van der Waals surface area contributed by atoms with Crippen LogP contribution in [0.4, 0.5) is 35.1 Å². The molecule has 10 heteroatoms. The van der Waals surface area contributed by atoms with Crippen molar-refractivity contribution in [3.8, 4) is 11.1 Å². The van der Waals surface area contributed by atoms with Crippen molar-refractivity contribution in [2.45, 2.75) is 18.0 Å². The van der Waals surface area contributed by atoms with Gasteiger partial charge in [-0.2, -0.15) is 26.3 Å². The van der Waals surface area contributed by atoms with Crippen LogP contribution in [0.3, 0.4) is 0 Å². The first kappa shape index (κ1) is 20.6. The predicted molar refractivity (Wildman–Crippen MR) is 91.0 cm³/mol. The standard InChI is InChI=1S/C15H5F8I2/c16-10-4-2-1-3-8(10)12-9(5-7(24)6-11(12)25)13(17,14(18,19)20)15(21,22)23/h1-5H. The lowest BCUT2D eigenvalue weighted by molar-refractivity contribution is -0.348. The van der Waals surface area contributed by atoms with Crippen LogP contribution in [0, 0.1) is 19.0 Å². The molecule has 135 valence electrons. The molecule has 0 aromatic heterocycles. The van der Waals surface area contributed by atoms with Crippen molar-refractivity contribution in [1.82, 2.24) is 0 Å². The van der Waals surface area contributed by atoms with E-state index in [-0.39, 0.29) is 7.14 Å². The Morgan fingerprint density at radius 1 is 0.840 bits per heavy atom. The van der Waals surface area contributed by atoms with Gasteiger partial charge in [-0.3, -0.25) is 0 Å². The minimum Gasteiger partial charge on any atom is -0.218 e. The predicted octanol–water partition coefficient (Wildman–Crippen LogP) is 6.79. The molecule has 0 bridgehead atoms. The maximum absolute atomic E-state index is 14.6. The van der Waals surface area contributed by atoms with Crippen molar-refractivity contribution in [2.75, 3.05) is 0 Å². The number of alkyl halides is 7. The quantitative estimate of drug-likeness (QED) is 0.267. The molecule has 0 aliphatic carbocycles. The van der Waals surface area contributed by atoms with Gasteiger partial charge in [0, 0.05) is 29.9 Å². The average Bonchev–Trinajstić information content (AvgIpc) is 2.44. The van der Waals surface area contributed by atoms with Gasteiger partial charge in [-0.25, -0.2) is 8.78 Å². The molecule has 0 atom stereocenters. The Bertz CT molecular complexity index is 781. The number of rotatable bonds is 2. The van der Waals surface area contributed by atoms with Crippen molar-refractivity contribution in [1.29, 1.82) is 0 Å². The number of hydrogen-bond donors (Lipinski definition) is 0. The molecule has 0 heterocycles. The molecule has 2 aromatic carbocycles. The first-order valence-corrected chi connectivity index (χ1v) is 8.45. The lowest BCUT2D eigenvalue weighted by Gasteiger charge is -2.32. The van der Waals surface area contributed by atoms with Crippen LogP contribution in [0.1, 0.15) is 5.56 Å². The molecule has 1 radical (unpaired) electrons. The number of hydrogen-bond acceptors (Lipinski definition) is 0. The summed E-state index contributed by atoms with van der Waals surface area (Å²) >= 11 is 2.82. The van der Waals surface area contributed by atoms with Gasteiger partial charge in [0.05, 0.1) is 0 Å². The zero-order valence-electron chi connectivity index (χ0n) is 11.7. The SMILES string of the molecule is Fc1ccccc1-c1c(I)[c]c(I)cc1C(F)(C(F)(F)F)C(F)(F)F. The molecule has 0 unspecified atom stereocenters. The molecular formula is C15H5F8I2. The Labute approximate surface area is 163 Å². The lowest BCUT2D eigenvalue weighted by Crippen LogP contribution is -2.50.